The number of hydrogen-bond acceptors (Lipinski definition) is 5. The van der Waals surface area contributed by atoms with Crippen LogP contribution in [0.1, 0.15) is 49.3 Å². The topological polar surface area (TPSA) is 84.9 Å². The van der Waals surface area contributed by atoms with E-state index < -0.39 is 12.3 Å². The lowest BCUT2D eigenvalue weighted by Gasteiger charge is -2.22. The maximum absolute atomic E-state index is 13.0. The maximum atomic E-state index is 13.0. The van der Waals surface area contributed by atoms with Gasteiger partial charge in [-0.1, -0.05) is 45.0 Å². The van der Waals surface area contributed by atoms with E-state index in [2.05, 4.69) is 5.32 Å². The van der Waals surface area contributed by atoms with Gasteiger partial charge in [0.25, 0.3) is 11.8 Å². The summed E-state index contributed by atoms with van der Waals surface area (Å²) >= 11 is 0. The van der Waals surface area contributed by atoms with E-state index in [4.69, 9.17) is 9.47 Å². The van der Waals surface area contributed by atoms with E-state index in [0.29, 0.717) is 17.9 Å². The summed E-state index contributed by atoms with van der Waals surface area (Å²) < 4.78 is 11.2. The standard InChI is InChI=1S/C24H26N2O5/c1-4-12-25-19(27)13-30-16-10-8-15(9-11-16)17-6-5-7-18-20(17)23-26(22(18)28)21(14(2)3)24(29)31-23/h5-11,14,21,23H,4,12-13H2,1-3H3,(H,25,27). The van der Waals surface area contributed by atoms with Crippen LogP contribution in [0.25, 0.3) is 11.1 Å². The Hall–Kier alpha value is -3.35. The smallest absolute Gasteiger partial charge is 0.331 e. The van der Waals surface area contributed by atoms with Gasteiger partial charge in [0, 0.05) is 17.7 Å². The molecule has 2 aliphatic rings. The molecule has 2 heterocycles. The molecule has 2 amide bonds. The van der Waals surface area contributed by atoms with E-state index in [1.165, 1.54) is 0 Å². The molecule has 2 aromatic rings. The number of fused-ring (bicyclic) bond motifs is 3. The molecule has 0 bridgehead atoms. The third-order valence-corrected chi connectivity index (χ3v) is 5.58. The molecule has 0 saturated carbocycles. The number of benzene rings is 2. The number of ether oxygens (including phenoxy) is 2. The Morgan fingerprint density at radius 2 is 1.84 bits per heavy atom. The fraction of sp³-hybridized carbons (Fsp3) is 0.375. The van der Waals surface area contributed by atoms with Gasteiger partial charge in [-0.15, -0.1) is 0 Å². The zero-order valence-electron chi connectivity index (χ0n) is 17.9. The molecular weight excluding hydrogens is 396 g/mol. The summed E-state index contributed by atoms with van der Waals surface area (Å²) in [6.07, 6.45) is 0.174. The number of amides is 2. The highest BCUT2D eigenvalue weighted by Gasteiger charge is 2.53. The van der Waals surface area contributed by atoms with Crippen LogP contribution in [-0.2, 0) is 14.3 Å². The Morgan fingerprint density at radius 1 is 1.13 bits per heavy atom. The van der Waals surface area contributed by atoms with Crippen LogP contribution in [0.15, 0.2) is 42.5 Å². The third-order valence-electron chi connectivity index (χ3n) is 5.58. The first-order valence-corrected chi connectivity index (χ1v) is 10.6. The zero-order chi connectivity index (χ0) is 22.1. The van der Waals surface area contributed by atoms with Gasteiger partial charge in [-0.3, -0.25) is 14.5 Å². The van der Waals surface area contributed by atoms with Crippen molar-refractivity contribution in [1.82, 2.24) is 10.2 Å². The highest BCUT2D eigenvalue weighted by Crippen LogP contribution is 2.46. The molecule has 7 nitrogen and oxygen atoms in total. The molecule has 2 aromatic carbocycles. The molecule has 2 aliphatic heterocycles. The predicted octanol–water partition coefficient (Wildman–Crippen LogP) is 3.29. The molecule has 31 heavy (non-hydrogen) atoms. The monoisotopic (exact) mass is 422 g/mol. The summed E-state index contributed by atoms with van der Waals surface area (Å²) in [5.41, 5.74) is 2.99. The molecule has 2 atom stereocenters. The van der Waals surface area contributed by atoms with E-state index in [1.54, 1.807) is 23.1 Å². The second kappa shape index (κ2) is 8.41. The van der Waals surface area contributed by atoms with Crippen LogP contribution in [0.4, 0.5) is 0 Å². The van der Waals surface area contributed by atoms with Gasteiger partial charge in [-0.2, -0.15) is 0 Å². The van der Waals surface area contributed by atoms with Crippen molar-refractivity contribution in [3.05, 3.63) is 53.6 Å². The highest BCUT2D eigenvalue weighted by atomic mass is 16.6. The number of hydrogen-bond donors (Lipinski definition) is 1. The molecule has 4 rings (SSSR count). The average molecular weight is 422 g/mol. The summed E-state index contributed by atoms with van der Waals surface area (Å²) in [4.78, 5) is 38.7. The third kappa shape index (κ3) is 3.76. The Morgan fingerprint density at radius 3 is 2.52 bits per heavy atom. The number of nitrogens with one attached hydrogen (secondary N) is 1. The molecule has 0 spiro atoms. The largest absolute Gasteiger partial charge is 0.484 e. The van der Waals surface area contributed by atoms with Gasteiger partial charge < -0.3 is 14.8 Å². The van der Waals surface area contributed by atoms with Crippen LogP contribution in [-0.4, -0.2) is 41.9 Å². The van der Waals surface area contributed by atoms with Crippen LogP contribution in [0.5, 0.6) is 5.75 Å². The summed E-state index contributed by atoms with van der Waals surface area (Å²) in [6.45, 7) is 6.39. The lowest BCUT2D eigenvalue weighted by atomic mass is 9.96. The van der Waals surface area contributed by atoms with Gasteiger partial charge in [-0.05, 0) is 41.7 Å². The number of rotatable bonds is 7. The van der Waals surface area contributed by atoms with Gasteiger partial charge in [0.15, 0.2) is 6.61 Å². The second-order valence-corrected chi connectivity index (χ2v) is 8.12. The zero-order valence-corrected chi connectivity index (χ0v) is 17.9. The van der Waals surface area contributed by atoms with Crippen molar-refractivity contribution in [2.45, 2.75) is 39.5 Å². The number of nitrogens with zero attached hydrogens (tertiary/aromatic N) is 1. The van der Waals surface area contributed by atoms with Crippen LogP contribution < -0.4 is 10.1 Å². The van der Waals surface area contributed by atoms with Gasteiger partial charge >= 0.3 is 5.97 Å². The summed E-state index contributed by atoms with van der Waals surface area (Å²) in [7, 11) is 0. The first-order valence-electron chi connectivity index (χ1n) is 10.6. The molecule has 1 N–H and O–H groups in total. The fourth-order valence-corrected chi connectivity index (χ4v) is 4.12. The minimum Gasteiger partial charge on any atom is -0.484 e. The Kier molecular flexibility index (Phi) is 5.67. The fourth-order valence-electron chi connectivity index (χ4n) is 4.12. The first-order chi connectivity index (χ1) is 14.9. The van der Waals surface area contributed by atoms with E-state index in [1.807, 2.05) is 45.0 Å². The lowest BCUT2D eigenvalue weighted by Crippen LogP contribution is -2.39. The molecule has 0 radical (unpaired) electrons. The molecular formula is C24H26N2O5. The van der Waals surface area contributed by atoms with Crippen molar-refractivity contribution in [3.8, 4) is 16.9 Å². The Balaban J connectivity index is 1.58. The number of carbonyl (C=O) groups excluding carboxylic acids is 3. The molecule has 1 fully saturated rings. The van der Waals surface area contributed by atoms with Gasteiger partial charge in [0.05, 0.1) is 0 Å². The average Bonchev–Trinajstić information content (AvgIpc) is 3.24. The van der Waals surface area contributed by atoms with Crippen LogP contribution in [0.3, 0.4) is 0 Å². The molecule has 2 unspecified atom stereocenters. The number of carbonyl (C=O) groups is 3. The van der Waals surface area contributed by atoms with Crippen LogP contribution in [0.2, 0.25) is 0 Å². The van der Waals surface area contributed by atoms with Crippen LogP contribution in [0, 0.1) is 5.92 Å². The summed E-state index contributed by atoms with van der Waals surface area (Å²) in [6, 6.07) is 12.3. The van der Waals surface area contributed by atoms with Crippen molar-refractivity contribution in [3.63, 3.8) is 0 Å². The number of esters is 1. The SMILES string of the molecule is CCCNC(=O)COc1ccc(-c2cccc3c2C2OC(=O)C(C(C)C)N2C3=O)cc1. The van der Waals surface area contributed by atoms with E-state index in [9.17, 15) is 14.4 Å². The van der Waals surface area contributed by atoms with Crippen molar-refractivity contribution >= 4 is 17.8 Å². The predicted molar refractivity (Wildman–Crippen MR) is 114 cm³/mol. The quantitative estimate of drug-likeness (QED) is 0.692. The summed E-state index contributed by atoms with van der Waals surface area (Å²) in [5.74, 6) is -0.158. The van der Waals surface area contributed by atoms with Crippen molar-refractivity contribution in [2.24, 2.45) is 5.92 Å². The Labute approximate surface area is 181 Å². The maximum Gasteiger partial charge on any atom is 0.331 e. The van der Waals surface area contributed by atoms with Gasteiger partial charge in [0.2, 0.25) is 6.23 Å². The summed E-state index contributed by atoms with van der Waals surface area (Å²) in [5, 5.41) is 2.77. The van der Waals surface area contributed by atoms with Gasteiger partial charge in [0.1, 0.15) is 11.8 Å². The minimum absolute atomic E-state index is 0.0369. The van der Waals surface area contributed by atoms with E-state index in [0.717, 1.165) is 23.1 Å². The Bertz CT molecular complexity index is 1020. The first kappa shape index (κ1) is 20.9. The van der Waals surface area contributed by atoms with Crippen molar-refractivity contribution in [1.29, 1.82) is 0 Å². The molecule has 162 valence electrons. The van der Waals surface area contributed by atoms with Crippen molar-refractivity contribution < 1.29 is 23.9 Å². The second-order valence-electron chi connectivity index (χ2n) is 8.12. The van der Waals surface area contributed by atoms with Gasteiger partial charge in [-0.25, -0.2) is 4.79 Å². The minimum atomic E-state index is -0.697. The van der Waals surface area contributed by atoms with E-state index >= 15 is 0 Å². The lowest BCUT2D eigenvalue weighted by molar-refractivity contribution is -0.143. The normalized spacial score (nSPS) is 19.3. The highest BCUT2D eigenvalue weighted by molar-refractivity contribution is 6.04. The molecule has 0 aliphatic carbocycles. The van der Waals surface area contributed by atoms with Crippen LogP contribution >= 0.6 is 0 Å². The molecule has 0 aromatic heterocycles. The van der Waals surface area contributed by atoms with Crippen molar-refractivity contribution in [2.75, 3.05) is 13.2 Å². The molecule has 1 saturated heterocycles. The van der Waals surface area contributed by atoms with E-state index in [-0.39, 0.29) is 30.3 Å². The molecule has 7 heteroatoms.